The van der Waals surface area contributed by atoms with Gasteiger partial charge in [-0.05, 0) is 42.8 Å². The van der Waals surface area contributed by atoms with Crippen molar-refractivity contribution < 1.29 is 22.7 Å². The van der Waals surface area contributed by atoms with Crippen LogP contribution < -0.4 is 15.4 Å². The molecule has 0 aromatic heterocycles. The molecule has 158 valence electrons. The average molecular weight is 422 g/mol. The summed E-state index contributed by atoms with van der Waals surface area (Å²) in [7, 11) is 2.18. The Kier molecular flexibility index (Phi) is 7.60. The fourth-order valence-corrected chi connectivity index (χ4v) is 3.65. The van der Waals surface area contributed by atoms with E-state index in [4.69, 9.17) is 9.47 Å². The van der Waals surface area contributed by atoms with Gasteiger partial charge >= 0.3 is 0 Å². The Morgan fingerprint density at radius 1 is 1.10 bits per heavy atom. The molecule has 1 atom stereocenters. The van der Waals surface area contributed by atoms with E-state index >= 15 is 0 Å². The van der Waals surface area contributed by atoms with E-state index < -0.39 is 10.0 Å². The Morgan fingerprint density at radius 3 is 2.45 bits per heavy atom. The van der Waals surface area contributed by atoms with Crippen molar-refractivity contribution in [2.24, 2.45) is 0 Å². The number of benzene rings is 2. The second-order valence-electron chi connectivity index (χ2n) is 6.56. The molecule has 0 aliphatic rings. The number of amides is 1. The molecular weight excluding hydrogens is 394 g/mol. The molecule has 0 saturated heterocycles. The van der Waals surface area contributed by atoms with Gasteiger partial charge in [0.1, 0.15) is 10.6 Å². The molecule has 0 aliphatic carbocycles. The first-order valence-electron chi connectivity index (χ1n) is 8.96. The summed E-state index contributed by atoms with van der Waals surface area (Å²) in [6.07, 6.45) is -0.0538. The number of hydrogen-bond acceptors (Lipinski definition) is 6. The molecule has 29 heavy (non-hydrogen) atoms. The van der Waals surface area contributed by atoms with Gasteiger partial charge in [0.2, 0.25) is 15.9 Å². The van der Waals surface area contributed by atoms with Crippen LogP contribution >= 0.6 is 0 Å². The third kappa shape index (κ3) is 5.69. The van der Waals surface area contributed by atoms with Crippen LogP contribution in [0.1, 0.15) is 18.6 Å². The number of carbonyl (C=O) groups is 1. The summed E-state index contributed by atoms with van der Waals surface area (Å²) in [5.74, 6) is -0.104. The average Bonchev–Trinajstić information content (AvgIpc) is 2.71. The second-order valence-corrected chi connectivity index (χ2v) is 8.68. The molecule has 0 spiro atoms. The van der Waals surface area contributed by atoms with E-state index in [0.717, 1.165) is 15.6 Å². The van der Waals surface area contributed by atoms with E-state index in [1.165, 1.54) is 33.3 Å². The predicted molar refractivity (Wildman–Crippen MR) is 113 cm³/mol. The minimum absolute atomic E-state index is 0.0167. The molecular formula is C20H27N3O5S. The number of rotatable bonds is 9. The maximum Gasteiger partial charge on any atom is 0.246 e. The number of ether oxygens (including phenoxy) is 2. The van der Waals surface area contributed by atoms with Gasteiger partial charge in [-0.2, -0.15) is 0 Å². The highest BCUT2D eigenvalue weighted by atomic mass is 32.2. The number of carbonyl (C=O) groups excluding carboxylic acids is 1. The normalized spacial score (nSPS) is 12.5. The zero-order chi connectivity index (χ0) is 21.6. The van der Waals surface area contributed by atoms with Crippen LogP contribution in [0.15, 0.2) is 47.4 Å². The van der Waals surface area contributed by atoms with E-state index in [-0.39, 0.29) is 29.2 Å². The Hall–Kier alpha value is -2.62. The number of nitrogens with zero attached hydrogens (tertiary/aromatic N) is 1. The molecule has 2 aromatic carbocycles. The Bertz CT molecular complexity index is 960. The minimum atomic E-state index is -3.72. The molecule has 2 aromatic rings. The van der Waals surface area contributed by atoms with Gasteiger partial charge in [-0.25, -0.2) is 12.7 Å². The smallest absolute Gasteiger partial charge is 0.246 e. The monoisotopic (exact) mass is 421 g/mol. The van der Waals surface area contributed by atoms with Gasteiger partial charge in [0.05, 0.1) is 19.8 Å². The van der Waals surface area contributed by atoms with Crippen LogP contribution in [0.3, 0.4) is 0 Å². The number of anilines is 2. The molecule has 2 N–H and O–H groups in total. The number of hydrogen-bond donors (Lipinski definition) is 2. The lowest BCUT2D eigenvalue weighted by molar-refractivity contribution is -0.114. The quantitative estimate of drug-likeness (QED) is 0.646. The van der Waals surface area contributed by atoms with Crippen molar-refractivity contribution >= 4 is 27.3 Å². The Morgan fingerprint density at radius 2 is 1.83 bits per heavy atom. The fourth-order valence-electron chi connectivity index (χ4n) is 2.58. The zero-order valence-corrected chi connectivity index (χ0v) is 18.0. The standard InChI is InChI=1S/C20H27N3O5S/c1-14(27-4)15-7-6-8-16(11-15)21-13-20(24)22-17-9-10-18(28-5)19(12-17)29(25,26)23(2)3/h6-12,14,21H,13H2,1-5H3,(H,22,24). The molecule has 8 nitrogen and oxygen atoms in total. The summed E-state index contributed by atoms with van der Waals surface area (Å²) in [6, 6.07) is 12.1. The van der Waals surface area contributed by atoms with E-state index in [9.17, 15) is 13.2 Å². The van der Waals surface area contributed by atoms with Gasteiger partial charge in [-0.1, -0.05) is 12.1 Å². The maximum absolute atomic E-state index is 12.5. The highest BCUT2D eigenvalue weighted by Gasteiger charge is 2.23. The lowest BCUT2D eigenvalue weighted by atomic mass is 10.1. The molecule has 0 saturated carbocycles. The van der Waals surface area contributed by atoms with Crippen molar-refractivity contribution in [2.75, 3.05) is 45.5 Å². The number of sulfonamides is 1. The fraction of sp³-hybridized carbons (Fsp3) is 0.350. The SMILES string of the molecule is COc1ccc(NC(=O)CNc2cccc(C(C)OC)c2)cc1S(=O)(=O)N(C)C. The van der Waals surface area contributed by atoms with E-state index in [1.807, 2.05) is 31.2 Å². The Balaban J connectivity index is 2.10. The van der Waals surface area contributed by atoms with Crippen molar-refractivity contribution in [3.63, 3.8) is 0 Å². The molecule has 1 amide bonds. The summed E-state index contributed by atoms with van der Waals surface area (Å²) in [5, 5.41) is 5.75. The van der Waals surface area contributed by atoms with Gasteiger partial charge in [0, 0.05) is 32.6 Å². The zero-order valence-electron chi connectivity index (χ0n) is 17.2. The number of methoxy groups -OCH3 is 2. The van der Waals surface area contributed by atoms with Gasteiger partial charge in [0.25, 0.3) is 0 Å². The highest BCUT2D eigenvalue weighted by molar-refractivity contribution is 7.89. The molecule has 0 radical (unpaired) electrons. The van der Waals surface area contributed by atoms with Gasteiger partial charge in [-0.15, -0.1) is 0 Å². The molecule has 0 heterocycles. The van der Waals surface area contributed by atoms with Crippen molar-refractivity contribution in [3.05, 3.63) is 48.0 Å². The lowest BCUT2D eigenvalue weighted by Gasteiger charge is -2.16. The van der Waals surface area contributed by atoms with Crippen molar-refractivity contribution in [1.29, 1.82) is 0 Å². The van der Waals surface area contributed by atoms with E-state index in [2.05, 4.69) is 10.6 Å². The van der Waals surface area contributed by atoms with Crippen molar-refractivity contribution in [1.82, 2.24) is 4.31 Å². The van der Waals surface area contributed by atoms with Crippen molar-refractivity contribution in [3.8, 4) is 5.75 Å². The molecule has 9 heteroatoms. The first kappa shape index (κ1) is 22.7. The second kappa shape index (κ2) is 9.73. The molecule has 0 fully saturated rings. The molecule has 2 rings (SSSR count). The van der Waals surface area contributed by atoms with Crippen LogP contribution in [-0.2, 0) is 19.6 Å². The predicted octanol–water partition coefficient (Wildman–Crippen LogP) is 2.70. The van der Waals surface area contributed by atoms with Crippen LogP contribution in [0, 0.1) is 0 Å². The topological polar surface area (TPSA) is 97.0 Å². The van der Waals surface area contributed by atoms with Crippen LogP contribution in [0.5, 0.6) is 5.75 Å². The van der Waals surface area contributed by atoms with Crippen LogP contribution in [0.25, 0.3) is 0 Å². The first-order chi connectivity index (χ1) is 13.7. The summed E-state index contributed by atoms with van der Waals surface area (Å²) < 4.78 is 36.5. The van der Waals surface area contributed by atoms with Gasteiger partial charge in [-0.3, -0.25) is 4.79 Å². The van der Waals surface area contributed by atoms with Crippen LogP contribution in [0.2, 0.25) is 0 Å². The number of nitrogens with one attached hydrogen (secondary N) is 2. The van der Waals surface area contributed by atoms with Gasteiger partial charge in [0.15, 0.2) is 0 Å². The summed E-state index contributed by atoms with van der Waals surface area (Å²) >= 11 is 0. The van der Waals surface area contributed by atoms with E-state index in [0.29, 0.717) is 5.69 Å². The molecule has 1 unspecified atom stereocenters. The minimum Gasteiger partial charge on any atom is -0.495 e. The highest BCUT2D eigenvalue weighted by Crippen LogP contribution is 2.28. The maximum atomic E-state index is 12.5. The molecule has 0 bridgehead atoms. The third-order valence-corrected chi connectivity index (χ3v) is 6.20. The van der Waals surface area contributed by atoms with Crippen LogP contribution in [-0.4, -0.2) is 53.5 Å². The summed E-state index contributed by atoms with van der Waals surface area (Å²) in [5.41, 5.74) is 2.14. The summed E-state index contributed by atoms with van der Waals surface area (Å²) in [4.78, 5) is 12.3. The third-order valence-electron chi connectivity index (χ3n) is 4.37. The lowest BCUT2D eigenvalue weighted by Crippen LogP contribution is -2.24. The first-order valence-corrected chi connectivity index (χ1v) is 10.4. The van der Waals surface area contributed by atoms with Crippen LogP contribution in [0.4, 0.5) is 11.4 Å². The van der Waals surface area contributed by atoms with Crippen molar-refractivity contribution in [2.45, 2.75) is 17.9 Å². The molecule has 0 aliphatic heterocycles. The summed E-state index contributed by atoms with van der Waals surface area (Å²) in [6.45, 7) is 1.96. The Labute approximate surface area is 171 Å². The largest absolute Gasteiger partial charge is 0.495 e. The van der Waals surface area contributed by atoms with Gasteiger partial charge < -0.3 is 20.1 Å². The van der Waals surface area contributed by atoms with E-state index in [1.54, 1.807) is 13.2 Å².